The summed E-state index contributed by atoms with van der Waals surface area (Å²) in [5.74, 6) is 0.790. The number of hydrogen-bond donors (Lipinski definition) is 1. The first-order chi connectivity index (χ1) is 15.3. The number of hydrazone groups is 1. The molecular weight excluding hydrogens is 390 g/mol. The van der Waals surface area contributed by atoms with Gasteiger partial charge in [0.05, 0.1) is 18.5 Å². The largest absolute Gasteiger partial charge is 0.493 e. The molecule has 0 radical (unpaired) electrons. The molecule has 0 saturated heterocycles. The Hall–Kier alpha value is -4.26. The van der Waals surface area contributed by atoms with Crippen LogP contribution in [0.3, 0.4) is 0 Å². The van der Waals surface area contributed by atoms with Crippen molar-refractivity contribution in [3.05, 3.63) is 96.3 Å². The fraction of sp³-hybridized carbons (Fsp3) is 0.0833. The molecule has 154 valence electrons. The van der Waals surface area contributed by atoms with Crippen LogP contribution in [0.25, 0.3) is 17.1 Å². The van der Waals surface area contributed by atoms with Gasteiger partial charge in [-0.1, -0.05) is 60.7 Å². The molecule has 31 heavy (non-hydrogen) atoms. The Labute approximate surface area is 180 Å². The lowest BCUT2D eigenvalue weighted by atomic mass is 10.2. The highest BCUT2D eigenvalue weighted by Gasteiger charge is 2.18. The van der Waals surface area contributed by atoms with Crippen LogP contribution in [0, 0.1) is 0 Å². The molecule has 0 spiro atoms. The van der Waals surface area contributed by atoms with Crippen molar-refractivity contribution in [3.63, 3.8) is 0 Å². The third-order valence-corrected chi connectivity index (χ3v) is 4.43. The Morgan fingerprint density at radius 2 is 1.68 bits per heavy atom. The number of aromatic nitrogens is 3. The zero-order valence-electron chi connectivity index (χ0n) is 17.0. The smallest absolute Gasteiger partial charge is 0.311 e. The SMILES string of the molecule is CCOc1ccccc1/C=N/NC(=O)c1nc(-c2ccccc2)n(-c2ccccc2)n1. The van der Waals surface area contributed by atoms with E-state index in [1.165, 1.54) is 6.21 Å². The summed E-state index contributed by atoms with van der Waals surface area (Å²) in [6, 6.07) is 26.6. The Bertz CT molecular complexity index is 1130. The molecule has 0 unspecified atom stereocenters. The van der Waals surface area contributed by atoms with E-state index in [-0.39, 0.29) is 5.82 Å². The van der Waals surface area contributed by atoms with E-state index in [0.29, 0.717) is 18.2 Å². The lowest BCUT2D eigenvalue weighted by Crippen LogP contribution is -2.19. The number of nitrogens with zero attached hydrogens (tertiary/aromatic N) is 4. The number of ether oxygens (including phenoxy) is 1. The number of para-hydroxylation sites is 2. The maximum Gasteiger partial charge on any atom is 0.311 e. The van der Waals surface area contributed by atoms with Gasteiger partial charge >= 0.3 is 5.91 Å². The third-order valence-electron chi connectivity index (χ3n) is 4.43. The van der Waals surface area contributed by atoms with Crippen molar-refractivity contribution in [1.82, 2.24) is 20.2 Å². The van der Waals surface area contributed by atoms with Crippen LogP contribution >= 0.6 is 0 Å². The van der Waals surface area contributed by atoms with E-state index >= 15 is 0 Å². The standard InChI is InChI=1S/C24H21N5O2/c1-2-31-21-16-10-9-13-19(21)17-25-27-24(30)22-26-23(18-11-5-3-6-12-18)29(28-22)20-14-7-4-8-15-20/h3-17H,2H2,1H3,(H,27,30)/b25-17+. The molecule has 4 aromatic rings. The molecule has 0 aliphatic rings. The highest BCUT2D eigenvalue weighted by molar-refractivity contribution is 5.92. The second-order valence-corrected chi connectivity index (χ2v) is 6.54. The van der Waals surface area contributed by atoms with Gasteiger partial charge in [-0.2, -0.15) is 5.10 Å². The number of amides is 1. The van der Waals surface area contributed by atoms with Gasteiger partial charge in [-0.3, -0.25) is 4.79 Å². The van der Waals surface area contributed by atoms with Gasteiger partial charge in [-0.05, 0) is 31.2 Å². The molecule has 1 aromatic heterocycles. The van der Waals surface area contributed by atoms with Crippen LogP contribution in [-0.4, -0.2) is 33.5 Å². The highest BCUT2D eigenvalue weighted by Crippen LogP contribution is 2.21. The Morgan fingerprint density at radius 3 is 2.42 bits per heavy atom. The molecule has 1 amide bonds. The summed E-state index contributed by atoms with van der Waals surface area (Å²) >= 11 is 0. The Balaban J connectivity index is 1.60. The molecule has 0 atom stereocenters. The average molecular weight is 411 g/mol. The van der Waals surface area contributed by atoms with Gasteiger partial charge in [0, 0.05) is 11.1 Å². The second kappa shape index (κ2) is 9.49. The van der Waals surface area contributed by atoms with Gasteiger partial charge in [-0.25, -0.2) is 15.1 Å². The zero-order chi connectivity index (χ0) is 21.5. The van der Waals surface area contributed by atoms with Crippen molar-refractivity contribution >= 4 is 12.1 Å². The van der Waals surface area contributed by atoms with Crippen LogP contribution in [0.15, 0.2) is 90.0 Å². The summed E-state index contributed by atoms with van der Waals surface area (Å²) < 4.78 is 7.22. The Kier molecular flexibility index (Phi) is 6.13. The summed E-state index contributed by atoms with van der Waals surface area (Å²) in [5, 5.41) is 8.48. The maximum atomic E-state index is 12.7. The third kappa shape index (κ3) is 4.67. The minimum Gasteiger partial charge on any atom is -0.493 e. The van der Waals surface area contributed by atoms with Gasteiger partial charge in [0.25, 0.3) is 0 Å². The first-order valence-electron chi connectivity index (χ1n) is 9.89. The predicted molar refractivity (Wildman–Crippen MR) is 119 cm³/mol. The lowest BCUT2D eigenvalue weighted by molar-refractivity contribution is 0.0945. The summed E-state index contributed by atoms with van der Waals surface area (Å²) in [4.78, 5) is 17.1. The summed E-state index contributed by atoms with van der Waals surface area (Å²) in [6.45, 7) is 2.45. The van der Waals surface area contributed by atoms with Crippen LogP contribution < -0.4 is 10.2 Å². The van der Waals surface area contributed by atoms with Crippen LogP contribution in [0.4, 0.5) is 0 Å². The van der Waals surface area contributed by atoms with E-state index in [1.54, 1.807) is 4.68 Å². The van der Waals surface area contributed by atoms with Gasteiger partial charge in [0.15, 0.2) is 5.82 Å². The van der Waals surface area contributed by atoms with Gasteiger partial charge < -0.3 is 4.74 Å². The van der Waals surface area contributed by atoms with E-state index in [1.807, 2.05) is 91.9 Å². The average Bonchev–Trinajstić information content (AvgIpc) is 3.27. The van der Waals surface area contributed by atoms with Gasteiger partial charge in [-0.15, -0.1) is 5.10 Å². The van der Waals surface area contributed by atoms with Gasteiger partial charge in [0.1, 0.15) is 5.75 Å². The molecular formula is C24H21N5O2. The molecule has 3 aromatic carbocycles. The monoisotopic (exact) mass is 411 g/mol. The quantitative estimate of drug-likeness (QED) is 0.367. The van der Waals surface area contributed by atoms with E-state index in [0.717, 1.165) is 16.8 Å². The topological polar surface area (TPSA) is 81.4 Å². The summed E-state index contributed by atoms with van der Waals surface area (Å²) in [6.07, 6.45) is 1.54. The zero-order valence-corrected chi connectivity index (χ0v) is 17.0. The Morgan fingerprint density at radius 1 is 1.00 bits per heavy atom. The number of rotatable bonds is 7. The van der Waals surface area contributed by atoms with Crippen molar-refractivity contribution < 1.29 is 9.53 Å². The molecule has 0 saturated carbocycles. The minimum atomic E-state index is -0.503. The van der Waals surface area contributed by atoms with Crippen molar-refractivity contribution in [2.45, 2.75) is 6.92 Å². The molecule has 0 aliphatic carbocycles. The number of carbonyl (C=O) groups is 1. The number of nitrogens with one attached hydrogen (secondary N) is 1. The predicted octanol–water partition coefficient (Wildman–Crippen LogP) is 4.10. The van der Waals surface area contributed by atoms with Crippen molar-refractivity contribution in [1.29, 1.82) is 0 Å². The molecule has 1 heterocycles. The molecule has 7 heteroatoms. The lowest BCUT2D eigenvalue weighted by Gasteiger charge is -2.05. The van der Waals surface area contributed by atoms with Crippen molar-refractivity contribution in [3.8, 4) is 22.8 Å². The van der Waals surface area contributed by atoms with E-state index < -0.39 is 5.91 Å². The van der Waals surface area contributed by atoms with Gasteiger partial charge in [0.2, 0.25) is 5.82 Å². The van der Waals surface area contributed by atoms with Crippen LogP contribution in [-0.2, 0) is 0 Å². The van der Waals surface area contributed by atoms with E-state index in [4.69, 9.17) is 4.74 Å². The normalized spacial score (nSPS) is 10.9. The first-order valence-corrected chi connectivity index (χ1v) is 9.89. The number of benzene rings is 3. The first kappa shape index (κ1) is 20.0. The molecule has 1 N–H and O–H groups in total. The summed E-state index contributed by atoms with van der Waals surface area (Å²) in [7, 11) is 0. The molecule has 7 nitrogen and oxygen atoms in total. The van der Waals surface area contributed by atoms with E-state index in [2.05, 4.69) is 20.6 Å². The van der Waals surface area contributed by atoms with Crippen LogP contribution in [0.2, 0.25) is 0 Å². The van der Waals surface area contributed by atoms with Crippen molar-refractivity contribution in [2.24, 2.45) is 5.10 Å². The molecule has 4 rings (SSSR count). The number of hydrogen-bond acceptors (Lipinski definition) is 5. The fourth-order valence-electron chi connectivity index (χ4n) is 3.02. The minimum absolute atomic E-state index is 0.0259. The molecule has 0 aliphatic heterocycles. The van der Waals surface area contributed by atoms with E-state index in [9.17, 15) is 4.79 Å². The molecule has 0 bridgehead atoms. The van der Waals surface area contributed by atoms with Crippen LogP contribution in [0.5, 0.6) is 5.75 Å². The number of carbonyl (C=O) groups excluding carboxylic acids is 1. The van der Waals surface area contributed by atoms with Crippen LogP contribution in [0.1, 0.15) is 23.1 Å². The maximum absolute atomic E-state index is 12.7. The highest BCUT2D eigenvalue weighted by atomic mass is 16.5. The summed E-state index contributed by atoms with van der Waals surface area (Å²) in [5.41, 5.74) is 4.92. The second-order valence-electron chi connectivity index (χ2n) is 6.54. The fourth-order valence-corrected chi connectivity index (χ4v) is 3.02. The van der Waals surface area contributed by atoms with Crippen molar-refractivity contribution in [2.75, 3.05) is 6.61 Å². The molecule has 0 fully saturated rings.